The molecule has 3 nitrogen and oxygen atoms in total. The quantitative estimate of drug-likeness (QED) is 0.610. The monoisotopic (exact) mass is 181 g/mol. The van der Waals surface area contributed by atoms with Gasteiger partial charge in [-0.1, -0.05) is 0 Å². The van der Waals surface area contributed by atoms with E-state index in [4.69, 9.17) is 0 Å². The summed E-state index contributed by atoms with van der Waals surface area (Å²) in [7, 11) is 0. The summed E-state index contributed by atoms with van der Waals surface area (Å²) in [6.45, 7) is 7.22. The number of allylic oxidation sites excluding steroid dienone is 2. The van der Waals surface area contributed by atoms with Gasteiger partial charge in [0.1, 0.15) is 0 Å². The third-order valence-electron chi connectivity index (χ3n) is 2.39. The molecule has 0 amide bonds. The summed E-state index contributed by atoms with van der Waals surface area (Å²) in [5.74, 6) is -0.104. The standard InChI is InChI=1S/C10H15NO2/c1-4-11(5-2)8-6-9(13)10(8)7(3)12/h4-6H2,1-3H3. The molecule has 0 heterocycles. The van der Waals surface area contributed by atoms with Crippen molar-refractivity contribution in [3.8, 4) is 0 Å². The lowest BCUT2D eigenvalue weighted by atomic mass is 9.88. The Morgan fingerprint density at radius 2 is 1.92 bits per heavy atom. The maximum atomic E-state index is 11.1. The number of ketones is 2. The van der Waals surface area contributed by atoms with Crippen molar-refractivity contribution in [2.24, 2.45) is 0 Å². The maximum absolute atomic E-state index is 11.1. The van der Waals surface area contributed by atoms with E-state index >= 15 is 0 Å². The lowest BCUT2D eigenvalue weighted by Crippen LogP contribution is -2.35. The normalized spacial score (nSPS) is 15.8. The fourth-order valence-corrected chi connectivity index (χ4v) is 1.66. The molecule has 0 radical (unpaired) electrons. The molecule has 0 bridgehead atoms. The molecular weight excluding hydrogens is 166 g/mol. The third kappa shape index (κ3) is 1.64. The number of rotatable bonds is 4. The van der Waals surface area contributed by atoms with Gasteiger partial charge in [-0.2, -0.15) is 0 Å². The van der Waals surface area contributed by atoms with Crippen molar-refractivity contribution in [2.75, 3.05) is 13.1 Å². The van der Waals surface area contributed by atoms with Crippen LogP contribution in [0.25, 0.3) is 0 Å². The van der Waals surface area contributed by atoms with E-state index in [1.807, 2.05) is 13.8 Å². The summed E-state index contributed by atoms with van der Waals surface area (Å²) in [6, 6.07) is 0. The third-order valence-corrected chi connectivity index (χ3v) is 2.39. The molecule has 1 aliphatic rings. The lowest BCUT2D eigenvalue weighted by Gasteiger charge is -2.31. The summed E-state index contributed by atoms with van der Waals surface area (Å²) in [5, 5.41) is 0. The van der Waals surface area contributed by atoms with Crippen molar-refractivity contribution in [1.29, 1.82) is 0 Å². The van der Waals surface area contributed by atoms with Gasteiger partial charge in [-0.25, -0.2) is 0 Å². The largest absolute Gasteiger partial charge is 0.374 e. The molecule has 1 rings (SSSR count). The smallest absolute Gasteiger partial charge is 0.174 e. The number of carbonyl (C=O) groups is 2. The zero-order chi connectivity index (χ0) is 10.0. The molecular formula is C10H15NO2. The number of carbonyl (C=O) groups excluding carboxylic acids is 2. The second kappa shape index (κ2) is 3.73. The second-order valence-corrected chi connectivity index (χ2v) is 3.15. The van der Waals surface area contributed by atoms with Gasteiger partial charge >= 0.3 is 0 Å². The van der Waals surface area contributed by atoms with Crippen LogP contribution < -0.4 is 0 Å². The zero-order valence-corrected chi connectivity index (χ0v) is 8.39. The molecule has 0 aromatic heterocycles. The van der Waals surface area contributed by atoms with Gasteiger partial charge in [-0.05, 0) is 20.8 Å². The summed E-state index contributed by atoms with van der Waals surface area (Å²) < 4.78 is 0. The molecule has 0 atom stereocenters. The Labute approximate surface area is 78.4 Å². The van der Waals surface area contributed by atoms with Gasteiger partial charge in [0.15, 0.2) is 11.6 Å². The van der Waals surface area contributed by atoms with Gasteiger partial charge in [0.2, 0.25) is 0 Å². The van der Waals surface area contributed by atoms with Crippen LogP contribution in [0, 0.1) is 0 Å². The van der Waals surface area contributed by atoms with Gasteiger partial charge in [0.25, 0.3) is 0 Å². The van der Waals surface area contributed by atoms with Crippen LogP contribution in [0.15, 0.2) is 11.3 Å². The van der Waals surface area contributed by atoms with Crippen molar-refractivity contribution in [2.45, 2.75) is 27.2 Å². The van der Waals surface area contributed by atoms with Crippen molar-refractivity contribution in [3.05, 3.63) is 11.3 Å². The van der Waals surface area contributed by atoms with Gasteiger partial charge in [0, 0.05) is 18.8 Å². The van der Waals surface area contributed by atoms with Crippen LogP contribution in [0.1, 0.15) is 27.2 Å². The molecule has 0 saturated heterocycles. The summed E-state index contributed by atoms with van der Waals surface area (Å²) in [6.07, 6.45) is 0.441. The molecule has 0 saturated carbocycles. The highest BCUT2D eigenvalue weighted by molar-refractivity contribution is 6.25. The fourth-order valence-electron chi connectivity index (χ4n) is 1.66. The summed E-state index contributed by atoms with van der Waals surface area (Å²) >= 11 is 0. The summed E-state index contributed by atoms with van der Waals surface area (Å²) in [5.41, 5.74) is 1.35. The van der Waals surface area contributed by atoms with E-state index in [1.165, 1.54) is 6.92 Å². The van der Waals surface area contributed by atoms with Gasteiger partial charge in [-0.3, -0.25) is 9.59 Å². The average Bonchev–Trinajstić information content (AvgIpc) is 2.03. The Hall–Kier alpha value is -1.12. The van der Waals surface area contributed by atoms with Crippen LogP contribution in [0.4, 0.5) is 0 Å². The van der Waals surface area contributed by atoms with E-state index in [9.17, 15) is 9.59 Å². The molecule has 13 heavy (non-hydrogen) atoms. The van der Waals surface area contributed by atoms with Crippen molar-refractivity contribution in [3.63, 3.8) is 0 Å². The molecule has 0 fully saturated rings. The predicted octanol–water partition coefficient (Wildman–Crippen LogP) is 1.14. The van der Waals surface area contributed by atoms with E-state index in [1.54, 1.807) is 0 Å². The summed E-state index contributed by atoms with van der Waals surface area (Å²) in [4.78, 5) is 24.3. The number of Topliss-reactive ketones (excluding diaryl/α,β-unsaturated/α-hetero) is 2. The van der Waals surface area contributed by atoms with Gasteiger partial charge in [0.05, 0.1) is 12.0 Å². The highest BCUT2D eigenvalue weighted by Gasteiger charge is 2.32. The zero-order valence-electron chi connectivity index (χ0n) is 8.39. The first-order valence-corrected chi connectivity index (χ1v) is 4.64. The Morgan fingerprint density at radius 1 is 1.38 bits per heavy atom. The van der Waals surface area contributed by atoms with Crippen LogP contribution in [0.2, 0.25) is 0 Å². The Balaban J connectivity index is 2.91. The first kappa shape index (κ1) is 9.96. The molecule has 0 N–H and O–H groups in total. The first-order valence-electron chi connectivity index (χ1n) is 4.64. The SMILES string of the molecule is CCN(CC)C1=C(C(C)=O)C(=O)C1. The Morgan fingerprint density at radius 3 is 2.23 bits per heavy atom. The average molecular weight is 181 g/mol. The Bertz CT molecular complexity index is 275. The van der Waals surface area contributed by atoms with Crippen molar-refractivity contribution >= 4 is 11.6 Å². The van der Waals surface area contributed by atoms with E-state index in [0.29, 0.717) is 12.0 Å². The van der Waals surface area contributed by atoms with Crippen LogP contribution in [-0.2, 0) is 9.59 Å². The first-order chi connectivity index (χ1) is 6.11. The predicted molar refractivity (Wildman–Crippen MR) is 50.3 cm³/mol. The molecule has 0 aliphatic heterocycles. The maximum Gasteiger partial charge on any atom is 0.174 e. The second-order valence-electron chi connectivity index (χ2n) is 3.15. The van der Waals surface area contributed by atoms with E-state index < -0.39 is 0 Å². The topological polar surface area (TPSA) is 37.4 Å². The molecule has 3 heteroatoms. The minimum Gasteiger partial charge on any atom is -0.374 e. The van der Waals surface area contributed by atoms with Crippen LogP contribution in [-0.4, -0.2) is 29.6 Å². The molecule has 0 spiro atoms. The lowest BCUT2D eigenvalue weighted by molar-refractivity contribution is -0.122. The molecule has 0 aromatic carbocycles. The van der Waals surface area contributed by atoms with E-state index in [0.717, 1.165) is 18.8 Å². The minimum atomic E-state index is -0.0989. The minimum absolute atomic E-state index is 0.00519. The highest BCUT2D eigenvalue weighted by atomic mass is 16.1. The van der Waals surface area contributed by atoms with E-state index in [2.05, 4.69) is 4.90 Å². The Kier molecular flexibility index (Phi) is 2.86. The van der Waals surface area contributed by atoms with E-state index in [-0.39, 0.29) is 11.6 Å². The van der Waals surface area contributed by atoms with Gasteiger partial charge in [-0.15, -0.1) is 0 Å². The number of hydrogen-bond acceptors (Lipinski definition) is 3. The van der Waals surface area contributed by atoms with Crippen LogP contribution >= 0.6 is 0 Å². The molecule has 72 valence electrons. The fraction of sp³-hybridized carbons (Fsp3) is 0.600. The van der Waals surface area contributed by atoms with Crippen LogP contribution in [0.5, 0.6) is 0 Å². The molecule has 1 aliphatic carbocycles. The number of nitrogens with zero attached hydrogens (tertiary/aromatic N) is 1. The van der Waals surface area contributed by atoms with Gasteiger partial charge < -0.3 is 4.90 Å². The van der Waals surface area contributed by atoms with Crippen molar-refractivity contribution in [1.82, 2.24) is 4.90 Å². The van der Waals surface area contributed by atoms with Crippen molar-refractivity contribution < 1.29 is 9.59 Å². The molecule has 0 aromatic rings. The highest BCUT2D eigenvalue weighted by Crippen LogP contribution is 2.27. The number of hydrogen-bond donors (Lipinski definition) is 0. The van der Waals surface area contributed by atoms with Crippen LogP contribution in [0.3, 0.4) is 0 Å². The molecule has 0 unspecified atom stereocenters.